The number of nitrogens with one attached hydrogen (secondary N) is 3. The third kappa shape index (κ3) is 6.16. The fraction of sp³-hybridized carbons (Fsp3) is 0.500. The van der Waals surface area contributed by atoms with E-state index in [1.54, 1.807) is 24.3 Å². The highest BCUT2D eigenvalue weighted by atomic mass is 16.5. The van der Waals surface area contributed by atoms with E-state index in [4.69, 9.17) is 0 Å². The smallest absolute Gasteiger partial charge is 0.337 e. The van der Waals surface area contributed by atoms with Gasteiger partial charge in [-0.3, -0.25) is 9.59 Å². The lowest BCUT2D eigenvalue weighted by Crippen LogP contribution is -2.62. The van der Waals surface area contributed by atoms with Gasteiger partial charge in [-0.25, -0.2) is 10.2 Å². The SMILES string of the molecule is COC(=O)c1ccc(/C=N\NC(=O)C(=O)NC2CC(C)(C)NC(C)(C)C2)cc1. The number of nitrogens with zero attached hydrogens (tertiary/aromatic N) is 1. The van der Waals surface area contributed by atoms with Crippen LogP contribution in [0.1, 0.15) is 56.5 Å². The Morgan fingerprint density at radius 1 is 1.07 bits per heavy atom. The summed E-state index contributed by atoms with van der Waals surface area (Å²) in [6, 6.07) is 6.38. The molecule has 152 valence electrons. The Bertz CT molecular complexity index is 753. The van der Waals surface area contributed by atoms with Gasteiger partial charge in [-0.1, -0.05) is 12.1 Å². The lowest BCUT2D eigenvalue weighted by Gasteiger charge is -2.46. The van der Waals surface area contributed by atoms with Crippen molar-refractivity contribution in [3.63, 3.8) is 0 Å². The summed E-state index contributed by atoms with van der Waals surface area (Å²) in [5.74, 6) is -1.97. The van der Waals surface area contributed by atoms with Gasteiger partial charge in [-0.05, 0) is 58.2 Å². The summed E-state index contributed by atoms with van der Waals surface area (Å²) in [5.41, 5.74) is 3.03. The minimum Gasteiger partial charge on any atom is -0.465 e. The predicted molar refractivity (Wildman–Crippen MR) is 106 cm³/mol. The number of esters is 1. The molecule has 2 amide bonds. The lowest BCUT2D eigenvalue weighted by atomic mass is 9.79. The van der Waals surface area contributed by atoms with Gasteiger partial charge >= 0.3 is 17.8 Å². The largest absolute Gasteiger partial charge is 0.465 e. The summed E-state index contributed by atoms with van der Waals surface area (Å²) in [6.07, 6.45) is 2.85. The van der Waals surface area contributed by atoms with Gasteiger partial charge in [0, 0.05) is 17.1 Å². The van der Waals surface area contributed by atoms with Crippen LogP contribution in [0.15, 0.2) is 29.4 Å². The summed E-state index contributed by atoms with van der Waals surface area (Å²) < 4.78 is 4.63. The average Bonchev–Trinajstić information content (AvgIpc) is 2.58. The highest BCUT2D eigenvalue weighted by Gasteiger charge is 2.38. The van der Waals surface area contributed by atoms with Crippen molar-refractivity contribution in [3.05, 3.63) is 35.4 Å². The molecule has 1 aromatic carbocycles. The number of carbonyl (C=O) groups excluding carboxylic acids is 3. The van der Waals surface area contributed by atoms with Crippen LogP contribution in [-0.4, -0.2) is 48.2 Å². The summed E-state index contributed by atoms with van der Waals surface area (Å²) >= 11 is 0. The molecular weight excluding hydrogens is 360 g/mol. The molecule has 0 radical (unpaired) electrons. The van der Waals surface area contributed by atoms with E-state index in [0.717, 1.165) is 12.8 Å². The van der Waals surface area contributed by atoms with Crippen LogP contribution in [0.4, 0.5) is 0 Å². The number of hydrogen-bond donors (Lipinski definition) is 3. The maximum atomic E-state index is 12.2. The maximum absolute atomic E-state index is 12.2. The third-order valence-electron chi connectivity index (χ3n) is 4.44. The summed E-state index contributed by atoms with van der Waals surface area (Å²) in [5, 5.41) is 10.1. The molecule has 8 nitrogen and oxygen atoms in total. The van der Waals surface area contributed by atoms with Crippen LogP contribution in [0, 0.1) is 0 Å². The van der Waals surface area contributed by atoms with E-state index in [1.807, 2.05) is 0 Å². The molecule has 8 heteroatoms. The molecule has 1 heterocycles. The fourth-order valence-electron chi connectivity index (χ4n) is 3.71. The highest BCUT2D eigenvalue weighted by molar-refractivity contribution is 6.35. The highest BCUT2D eigenvalue weighted by Crippen LogP contribution is 2.28. The van der Waals surface area contributed by atoms with Gasteiger partial charge in [0.15, 0.2) is 0 Å². The number of hydrogen-bond acceptors (Lipinski definition) is 6. The van der Waals surface area contributed by atoms with Crippen molar-refractivity contribution < 1.29 is 19.1 Å². The molecule has 0 atom stereocenters. The van der Waals surface area contributed by atoms with E-state index in [1.165, 1.54) is 13.3 Å². The zero-order valence-electron chi connectivity index (χ0n) is 17.0. The second-order valence-corrected chi connectivity index (χ2v) is 8.28. The van der Waals surface area contributed by atoms with Crippen molar-refractivity contribution >= 4 is 24.0 Å². The first-order valence-corrected chi connectivity index (χ1v) is 9.13. The third-order valence-corrected chi connectivity index (χ3v) is 4.44. The van der Waals surface area contributed by atoms with Crippen molar-refractivity contribution in [1.29, 1.82) is 0 Å². The first-order valence-electron chi connectivity index (χ1n) is 9.13. The minimum atomic E-state index is -0.823. The van der Waals surface area contributed by atoms with Crippen molar-refractivity contribution in [2.75, 3.05) is 7.11 Å². The van der Waals surface area contributed by atoms with E-state index in [2.05, 4.69) is 53.6 Å². The van der Waals surface area contributed by atoms with Gasteiger partial charge < -0.3 is 15.4 Å². The Morgan fingerprint density at radius 3 is 2.18 bits per heavy atom. The zero-order chi connectivity index (χ0) is 20.9. The molecular formula is C20H28N4O4. The first kappa shape index (κ1) is 21.6. The molecule has 0 spiro atoms. The zero-order valence-corrected chi connectivity index (χ0v) is 17.0. The second kappa shape index (κ2) is 8.52. The molecule has 1 aromatic rings. The maximum Gasteiger partial charge on any atom is 0.337 e. The van der Waals surface area contributed by atoms with Gasteiger partial charge in [0.2, 0.25) is 0 Å². The minimum absolute atomic E-state index is 0.0978. The summed E-state index contributed by atoms with van der Waals surface area (Å²) in [4.78, 5) is 35.5. The monoisotopic (exact) mass is 388 g/mol. The first-order chi connectivity index (χ1) is 13.0. The van der Waals surface area contributed by atoms with E-state index in [9.17, 15) is 14.4 Å². The molecule has 1 saturated heterocycles. The number of methoxy groups -OCH3 is 1. The van der Waals surface area contributed by atoms with Crippen molar-refractivity contribution in [1.82, 2.24) is 16.1 Å². The number of piperidine rings is 1. The molecule has 2 rings (SSSR count). The number of carbonyl (C=O) groups is 3. The Morgan fingerprint density at radius 2 is 1.64 bits per heavy atom. The Balaban J connectivity index is 1.88. The molecule has 1 aliphatic heterocycles. The standard InChI is InChI=1S/C20H28N4O4/c1-19(2)10-15(11-20(3,4)24-19)22-16(25)17(26)23-21-12-13-6-8-14(9-7-13)18(27)28-5/h6-9,12,15,24H,10-11H2,1-5H3,(H,22,25)(H,23,26)/b21-12-. The molecule has 0 bridgehead atoms. The van der Waals surface area contributed by atoms with Crippen LogP contribution in [0.2, 0.25) is 0 Å². The quantitative estimate of drug-likeness (QED) is 0.312. The molecule has 28 heavy (non-hydrogen) atoms. The van der Waals surface area contributed by atoms with Gasteiger partial charge in [0.25, 0.3) is 0 Å². The van der Waals surface area contributed by atoms with E-state index >= 15 is 0 Å². The van der Waals surface area contributed by atoms with Crippen molar-refractivity contribution in [3.8, 4) is 0 Å². The molecule has 1 aliphatic rings. The van der Waals surface area contributed by atoms with Crippen LogP contribution in [-0.2, 0) is 14.3 Å². The predicted octanol–water partition coefficient (Wildman–Crippen LogP) is 1.35. The molecule has 0 unspecified atom stereocenters. The molecule has 3 N–H and O–H groups in total. The number of rotatable bonds is 4. The Labute approximate surface area is 165 Å². The van der Waals surface area contributed by atoms with Crippen LogP contribution in [0.5, 0.6) is 0 Å². The summed E-state index contributed by atoms with van der Waals surface area (Å²) in [7, 11) is 1.31. The normalized spacial score (nSPS) is 18.5. The lowest BCUT2D eigenvalue weighted by molar-refractivity contribution is -0.140. The van der Waals surface area contributed by atoms with Crippen LogP contribution in [0.3, 0.4) is 0 Å². The van der Waals surface area contributed by atoms with Gasteiger partial charge in [-0.15, -0.1) is 0 Å². The van der Waals surface area contributed by atoms with Gasteiger partial charge in [0.1, 0.15) is 0 Å². The van der Waals surface area contributed by atoms with E-state index in [-0.39, 0.29) is 17.1 Å². The van der Waals surface area contributed by atoms with Gasteiger partial charge in [-0.2, -0.15) is 5.10 Å². The van der Waals surface area contributed by atoms with Crippen LogP contribution in [0.25, 0.3) is 0 Å². The Hall–Kier alpha value is -2.74. The van der Waals surface area contributed by atoms with E-state index < -0.39 is 17.8 Å². The molecule has 0 aromatic heterocycles. The van der Waals surface area contributed by atoms with Crippen molar-refractivity contribution in [2.45, 2.75) is 57.7 Å². The average molecular weight is 388 g/mol. The Kier molecular flexibility index (Phi) is 6.56. The molecule has 0 saturated carbocycles. The second-order valence-electron chi connectivity index (χ2n) is 8.28. The summed E-state index contributed by atoms with van der Waals surface area (Å²) in [6.45, 7) is 8.29. The van der Waals surface area contributed by atoms with E-state index in [0.29, 0.717) is 11.1 Å². The fourth-order valence-corrected chi connectivity index (χ4v) is 3.71. The van der Waals surface area contributed by atoms with Gasteiger partial charge in [0.05, 0.1) is 18.9 Å². The number of benzene rings is 1. The molecule has 1 fully saturated rings. The molecule has 0 aliphatic carbocycles. The van der Waals surface area contributed by atoms with Crippen LogP contribution < -0.4 is 16.1 Å². The van der Waals surface area contributed by atoms with Crippen LogP contribution >= 0.6 is 0 Å². The number of amides is 2. The number of hydrazone groups is 1. The topological polar surface area (TPSA) is 109 Å². The van der Waals surface area contributed by atoms with Crippen molar-refractivity contribution in [2.24, 2.45) is 5.10 Å². The number of ether oxygens (including phenoxy) is 1.